The van der Waals surface area contributed by atoms with Crippen LogP contribution in [0.3, 0.4) is 0 Å². The fourth-order valence-electron chi connectivity index (χ4n) is 4.90. The number of benzene rings is 2. The summed E-state index contributed by atoms with van der Waals surface area (Å²) < 4.78 is 39.1. The van der Waals surface area contributed by atoms with Gasteiger partial charge in [-0.05, 0) is 74.0 Å². The number of likely N-dealkylation sites (tertiary alicyclic amines) is 1. The number of nitrogens with one attached hydrogen (secondary N) is 3. The Bertz CT molecular complexity index is 1200. The minimum Gasteiger partial charge on any atom is -0.356 e. The lowest BCUT2D eigenvalue weighted by Crippen LogP contribution is -2.39. The van der Waals surface area contributed by atoms with Gasteiger partial charge in [-0.3, -0.25) is 4.79 Å². The molecule has 1 aliphatic carbocycles. The normalized spacial score (nSPS) is 21.0. The molecule has 2 aromatic rings. The summed E-state index contributed by atoms with van der Waals surface area (Å²) in [5.74, 6) is 0.257. The van der Waals surface area contributed by atoms with E-state index in [-0.39, 0.29) is 29.5 Å². The van der Waals surface area contributed by atoms with Crippen LogP contribution in [0, 0.1) is 5.92 Å². The van der Waals surface area contributed by atoms with Crippen molar-refractivity contribution in [2.45, 2.75) is 50.2 Å². The molecular formula is C27H30Cl3F3N4O2. The van der Waals surface area contributed by atoms with Gasteiger partial charge in [0.1, 0.15) is 0 Å². The SMILES string of the molecule is O=C(Nc1ccc(Cl)c(C(F)(F)F)c1)N[C@H]1CCN(CCCCCNC(=O)[C@@H]2C[C@H]2c2ccc(Cl)c(Cl)c2)C1. The third-order valence-electron chi connectivity index (χ3n) is 7.09. The Balaban J connectivity index is 1.07. The zero-order valence-corrected chi connectivity index (χ0v) is 23.4. The molecule has 0 bridgehead atoms. The van der Waals surface area contributed by atoms with Gasteiger partial charge in [-0.1, -0.05) is 47.3 Å². The Morgan fingerprint density at radius 1 is 0.974 bits per heavy atom. The van der Waals surface area contributed by atoms with E-state index in [1.54, 1.807) is 6.07 Å². The molecule has 2 fully saturated rings. The molecule has 1 heterocycles. The standard InChI is InChI=1S/C27H30Cl3F3N4O2/c28-22-7-5-17(13-21(22)27(31,32)33)35-26(39)36-18-8-11-37(15-18)10-3-1-2-9-34-25(38)20-14-19(20)16-4-6-23(29)24(30)12-16/h4-7,12-13,18-20H,1-3,8-11,14-15H2,(H,34,38)(H2,35,36,39)/t18-,19-,20+/m0/s1. The summed E-state index contributed by atoms with van der Waals surface area (Å²) >= 11 is 17.7. The summed E-state index contributed by atoms with van der Waals surface area (Å²) in [4.78, 5) is 27.0. The van der Waals surface area contributed by atoms with E-state index in [4.69, 9.17) is 34.8 Å². The Morgan fingerprint density at radius 3 is 2.49 bits per heavy atom. The predicted octanol–water partition coefficient (Wildman–Crippen LogP) is 6.95. The molecular weight excluding hydrogens is 576 g/mol. The molecule has 0 radical (unpaired) electrons. The van der Waals surface area contributed by atoms with Crippen molar-refractivity contribution in [3.63, 3.8) is 0 Å². The summed E-state index contributed by atoms with van der Waals surface area (Å²) in [6.45, 7) is 3.02. The van der Waals surface area contributed by atoms with Crippen molar-refractivity contribution in [2.75, 3.05) is 31.5 Å². The first-order valence-corrected chi connectivity index (χ1v) is 14.0. The maximum absolute atomic E-state index is 13.0. The zero-order valence-electron chi connectivity index (χ0n) is 21.1. The smallest absolute Gasteiger partial charge is 0.356 e. The third kappa shape index (κ3) is 8.39. The van der Waals surface area contributed by atoms with Crippen molar-refractivity contribution >= 4 is 52.4 Å². The largest absolute Gasteiger partial charge is 0.417 e. The molecule has 4 rings (SSSR count). The molecule has 2 aliphatic rings. The third-order valence-corrected chi connectivity index (χ3v) is 8.16. The van der Waals surface area contributed by atoms with Gasteiger partial charge < -0.3 is 20.9 Å². The summed E-state index contributed by atoms with van der Waals surface area (Å²) in [5.41, 5.74) is 0.0763. The number of carbonyl (C=O) groups is 2. The molecule has 0 aromatic heterocycles. The summed E-state index contributed by atoms with van der Waals surface area (Å²) in [7, 11) is 0. The lowest BCUT2D eigenvalue weighted by Gasteiger charge is -2.17. The molecule has 12 heteroatoms. The lowest BCUT2D eigenvalue weighted by molar-refractivity contribution is -0.137. The molecule has 2 aromatic carbocycles. The molecule has 1 saturated carbocycles. The fraction of sp³-hybridized carbons (Fsp3) is 0.481. The molecule has 39 heavy (non-hydrogen) atoms. The van der Waals surface area contributed by atoms with E-state index in [0.29, 0.717) is 23.1 Å². The number of rotatable bonds is 10. The number of unbranched alkanes of at least 4 members (excludes halogenated alkanes) is 2. The number of amides is 3. The van der Waals surface area contributed by atoms with Crippen LogP contribution >= 0.6 is 34.8 Å². The second kappa shape index (κ2) is 13.0. The van der Waals surface area contributed by atoms with Gasteiger partial charge in [-0.25, -0.2) is 4.79 Å². The van der Waals surface area contributed by atoms with Crippen LogP contribution in [0.15, 0.2) is 36.4 Å². The predicted molar refractivity (Wildman–Crippen MR) is 148 cm³/mol. The number of urea groups is 1. The van der Waals surface area contributed by atoms with Gasteiger partial charge in [-0.2, -0.15) is 13.2 Å². The van der Waals surface area contributed by atoms with Crippen molar-refractivity contribution in [3.8, 4) is 0 Å². The summed E-state index contributed by atoms with van der Waals surface area (Å²) in [5, 5.41) is 8.90. The van der Waals surface area contributed by atoms with Crippen LogP contribution in [0.25, 0.3) is 0 Å². The van der Waals surface area contributed by atoms with Gasteiger partial charge in [0.05, 0.1) is 20.6 Å². The molecule has 0 unspecified atom stereocenters. The zero-order chi connectivity index (χ0) is 28.2. The van der Waals surface area contributed by atoms with Crippen LogP contribution in [0.5, 0.6) is 0 Å². The Labute approximate surface area is 240 Å². The van der Waals surface area contributed by atoms with Crippen LogP contribution in [-0.4, -0.2) is 49.1 Å². The number of halogens is 6. The van der Waals surface area contributed by atoms with Crippen LogP contribution in [0.4, 0.5) is 23.7 Å². The average Bonchev–Trinajstić information content (AvgIpc) is 3.56. The Morgan fingerprint density at radius 2 is 1.74 bits per heavy atom. The van der Waals surface area contributed by atoms with Gasteiger partial charge >= 0.3 is 12.2 Å². The van der Waals surface area contributed by atoms with E-state index < -0.39 is 22.8 Å². The van der Waals surface area contributed by atoms with Gasteiger partial charge in [0.25, 0.3) is 0 Å². The number of carbonyl (C=O) groups excluding carboxylic acids is 2. The lowest BCUT2D eigenvalue weighted by atomic mass is 10.1. The molecule has 0 spiro atoms. The van der Waals surface area contributed by atoms with E-state index in [1.807, 2.05) is 12.1 Å². The number of anilines is 1. The summed E-state index contributed by atoms with van der Waals surface area (Å²) in [6.07, 6.45) is -0.200. The van der Waals surface area contributed by atoms with Gasteiger partial charge in [0.15, 0.2) is 0 Å². The second-order valence-electron chi connectivity index (χ2n) is 10.1. The maximum atomic E-state index is 13.0. The van der Waals surface area contributed by atoms with Gasteiger partial charge in [0, 0.05) is 37.3 Å². The molecule has 3 amide bonds. The van der Waals surface area contributed by atoms with E-state index in [1.165, 1.54) is 6.07 Å². The molecule has 3 atom stereocenters. The van der Waals surface area contributed by atoms with Crippen LogP contribution in [0.1, 0.15) is 49.1 Å². The van der Waals surface area contributed by atoms with E-state index >= 15 is 0 Å². The Kier molecular flexibility index (Phi) is 9.91. The fourth-order valence-corrected chi connectivity index (χ4v) is 5.43. The quantitative estimate of drug-likeness (QED) is 0.257. The monoisotopic (exact) mass is 604 g/mol. The first-order chi connectivity index (χ1) is 18.5. The number of nitrogens with zero attached hydrogens (tertiary/aromatic N) is 1. The van der Waals surface area contributed by atoms with Crippen molar-refractivity contribution in [1.82, 2.24) is 15.5 Å². The highest BCUT2D eigenvalue weighted by molar-refractivity contribution is 6.42. The van der Waals surface area contributed by atoms with Crippen LogP contribution < -0.4 is 16.0 Å². The minimum atomic E-state index is -4.60. The summed E-state index contributed by atoms with van der Waals surface area (Å²) in [6, 6.07) is 8.15. The minimum absolute atomic E-state index is 0.0140. The topological polar surface area (TPSA) is 73.5 Å². The van der Waals surface area contributed by atoms with E-state index in [2.05, 4.69) is 20.9 Å². The molecule has 1 saturated heterocycles. The van der Waals surface area contributed by atoms with Crippen molar-refractivity contribution in [3.05, 3.63) is 62.6 Å². The maximum Gasteiger partial charge on any atom is 0.417 e. The van der Waals surface area contributed by atoms with Crippen molar-refractivity contribution in [2.24, 2.45) is 5.92 Å². The van der Waals surface area contributed by atoms with Crippen molar-refractivity contribution in [1.29, 1.82) is 0 Å². The second-order valence-corrected chi connectivity index (χ2v) is 11.3. The van der Waals surface area contributed by atoms with E-state index in [9.17, 15) is 22.8 Å². The first-order valence-electron chi connectivity index (χ1n) is 12.9. The first kappa shape index (κ1) is 29.8. The average molecular weight is 606 g/mol. The Hall–Kier alpha value is -2.20. The van der Waals surface area contributed by atoms with Gasteiger partial charge in [0.2, 0.25) is 5.91 Å². The molecule has 1 aliphatic heterocycles. The molecule has 3 N–H and O–H groups in total. The van der Waals surface area contributed by atoms with E-state index in [0.717, 1.165) is 62.9 Å². The highest BCUT2D eigenvalue weighted by Crippen LogP contribution is 2.48. The molecule has 212 valence electrons. The van der Waals surface area contributed by atoms with Crippen LogP contribution in [0.2, 0.25) is 15.1 Å². The van der Waals surface area contributed by atoms with Gasteiger partial charge in [-0.15, -0.1) is 0 Å². The molecule has 6 nitrogen and oxygen atoms in total. The van der Waals surface area contributed by atoms with Crippen LogP contribution in [-0.2, 0) is 11.0 Å². The highest BCUT2D eigenvalue weighted by atomic mass is 35.5. The highest BCUT2D eigenvalue weighted by Gasteiger charge is 2.43. The number of hydrogen-bond donors (Lipinski definition) is 3. The number of hydrogen-bond acceptors (Lipinski definition) is 3. The number of alkyl halides is 3. The van der Waals surface area contributed by atoms with Crippen molar-refractivity contribution < 1.29 is 22.8 Å².